The number of hydrogen-bond acceptors (Lipinski definition) is 0. The second-order valence-electron chi connectivity index (χ2n) is 14.8. The Hall–Kier alpha value is -2.44. The predicted octanol–water partition coefficient (Wildman–Crippen LogP) is 6.16. The van der Waals surface area contributed by atoms with Gasteiger partial charge in [0.05, 0.1) is 0 Å². The van der Waals surface area contributed by atoms with Gasteiger partial charge in [-0.15, -0.1) is 63.0 Å². The van der Waals surface area contributed by atoms with Crippen LogP contribution in [0.3, 0.4) is 0 Å². The van der Waals surface area contributed by atoms with Crippen LogP contribution in [-0.2, 0) is 49.9 Å². The third-order valence-corrected chi connectivity index (χ3v) is 9.22. The first kappa shape index (κ1) is 38.0. The van der Waals surface area contributed by atoms with Crippen molar-refractivity contribution in [3.8, 4) is 22.3 Å². The van der Waals surface area contributed by atoms with Crippen LogP contribution >= 0.6 is 0 Å². The summed E-state index contributed by atoms with van der Waals surface area (Å²) in [6.45, 7) is 18.0. The summed E-state index contributed by atoms with van der Waals surface area (Å²) in [5.41, 5.74) is 14.6. The Morgan fingerprint density at radius 2 is 1.09 bits per heavy atom. The van der Waals surface area contributed by atoms with Gasteiger partial charge in [-0.3, -0.25) is 0 Å². The van der Waals surface area contributed by atoms with Crippen LogP contribution in [0.25, 0.3) is 43.8 Å². The van der Waals surface area contributed by atoms with E-state index in [4.69, 9.17) is 0 Å². The molecule has 0 bridgehead atoms. The number of aryl methyl sites for hydroxylation is 3. The average Bonchev–Trinajstić information content (AvgIpc) is 3.67. The summed E-state index contributed by atoms with van der Waals surface area (Å²) in [5, 5.41) is 5.54. The second kappa shape index (κ2) is 14.8. The number of halogens is 2. The molecule has 1 aliphatic rings. The minimum absolute atomic E-state index is 0. The fraction of sp³-hybridized carbons (Fsp3) is 0.302. The third kappa shape index (κ3) is 7.81. The van der Waals surface area contributed by atoms with Crippen LogP contribution in [0, 0.1) is 13.8 Å². The van der Waals surface area contributed by atoms with Gasteiger partial charge >= 0.3 is 26.2 Å². The Kier molecular flexibility index (Phi) is 12.2. The van der Waals surface area contributed by atoms with Crippen molar-refractivity contribution in [2.75, 3.05) is 0 Å². The molecule has 0 aromatic heterocycles. The zero-order valence-corrected chi connectivity index (χ0v) is 32.6. The summed E-state index contributed by atoms with van der Waals surface area (Å²) < 4.78 is 0. The van der Waals surface area contributed by atoms with Gasteiger partial charge in [-0.1, -0.05) is 132 Å². The van der Waals surface area contributed by atoms with Gasteiger partial charge in [0.1, 0.15) is 0 Å². The van der Waals surface area contributed by atoms with Crippen LogP contribution in [0.5, 0.6) is 0 Å². The molecule has 0 radical (unpaired) electrons. The van der Waals surface area contributed by atoms with Crippen molar-refractivity contribution in [1.29, 1.82) is 0 Å². The SMILES string of the molecule is Cc1cc2c(-c3ccc(C(C)(C)C)cc3)c3c(cc2[cH-]1)CCC3.Cc1cc2c(-c3ccc(C(C)(C)C)cc3)cccc2[cH-]1.[Cl-].[Cl-].[Zr+4]. The number of benzene rings is 4. The average molecular weight is 725 g/mol. The van der Waals surface area contributed by atoms with E-state index in [0.29, 0.717) is 0 Å². The summed E-state index contributed by atoms with van der Waals surface area (Å²) in [6, 6.07) is 36.5. The van der Waals surface area contributed by atoms with Gasteiger partial charge < -0.3 is 24.8 Å². The van der Waals surface area contributed by atoms with Crippen molar-refractivity contribution in [2.45, 2.75) is 85.5 Å². The Bertz CT molecular complexity index is 1900. The second-order valence-corrected chi connectivity index (χ2v) is 14.8. The summed E-state index contributed by atoms with van der Waals surface area (Å²) in [4.78, 5) is 0. The Balaban J connectivity index is 0.000000237. The van der Waals surface area contributed by atoms with E-state index in [9.17, 15) is 0 Å². The van der Waals surface area contributed by atoms with Crippen molar-refractivity contribution in [3.05, 3.63) is 130 Å². The van der Waals surface area contributed by atoms with E-state index in [1.165, 1.54) is 85.3 Å². The molecule has 7 rings (SSSR count). The Labute approximate surface area is 308 Å². The quantitative estimate of drug-likeness (QED) is 0.188. The molecule has 46 heavy (non-hydrogen) atoms. The Morgan fingerprint density at radius 3 is 1.65 bits per heavy atom. The summed E-state index contributed by atoms with van der Waals surface area (Å²) >= 11 is 0. The standard InChI is InChI=1S/C23H25.C20H21.2ClH.Zr/c1-15-12-18-14-17-6-5-7-20(17)22(21(18)13-15)16-8-10-19(11-9-16)23(2,3)4;1-14-12-16-6-5-7-18(19(16)13-14)15-8-10-17(11-9-15)20(2,3)4;;;/h8-14H,5-7H2,1-4H3;5-13H,1-4H3;2*1H;/q2*-1;;;+4/p-2. The maximum Gasteiger partial charge on any atom is 4.00 e. The monoisotopic (exact) mass is 722 g/mol. The largest absolute Gasteiger partial charge is 4.00 e. The van der Waals surface area contributed by atoms with Gasteiger partial charge in [-0.25, -0.2) is 0 Å². The molecule has 0 fully saturated rings. The molecule has 236 valence electrons. The predicted molar refractivity (Wildman–Crippen MR) is 189 cm³/mol. The fourth-order valence-electron chi connectivity index (χ4n) is 6.83. The molecule has 0 aliphatic heterocycles. The Morgan fingerprint density at radius 1 is 0.565 bits per heavy atom. The van der Waals surface area contributed by atoms with E-state index < -0.39 is 0 Å². The van der Waals surface area contributed by atoms with Gasteiger partial charge in [-0.2, -0.15) is 12.1 Å². The molecule has 0 saturated carbocycles. The molecule has 0 saturated heterocycles. The molecule has 0 heterocycles. The van der Waals surface area contributed by atoms with E-state index in [2.05, 4.69) is 152 Å². The van der Waals surface area contributed by atoms with E-state index in [1.54, 1.807) is 11.1 Å². The molecule has 0 amide bonds. The topological polar surface area (TPSA) is 0 Å². The van der Waals surface area contributed by atoms with E-state index in [1.807, 2.05) is 0 Å². The maximum atomic E-state index is 2.43. The minimum Gasteiger partial charge on any atom is -1.00 e. The molecule has 0 nitrogen and oxygen atoms in total. The number of rotatable bonds is 2. The smallest absolute Gasteiger partial charge is 1.00 e. The van der Waals surface area contributed by atoms with Gasteiger partial charge in [0.2, 0.25) is 0 Å². The zero-order chi connectivity index (χ0) is 30.5. The van der Waals surface area contributed by atoms with Crippen LogP contribution in [0.2, 0.25) is 0 Å². The van der Waals surface area contributed by atoms with Gasteiger partial charge in [-0.05, 0) is 52.3 Å². The van der Waals surface area contributed by atoms with Crippen LogP contribution in [0.4, 0.5) is 0 Å². The number of fused-ring (bicyclic) bond motifs is 3. The fourth-order valence-corrected chi connectivity index (χ4v) is 6.83. The van der Waals surface area contributed by atoms with Crippen molar-refractivity contribution in [3.63, 3.8) is 0 Å². The van der Waals surface area contributed by atoms with Crippen molar-refractivity contribution >= 4 is 21.5 Å². The molecule has 0 unspecified atom stereocenters. The van der Waals surface area contributed by atoms with Gasteiger partial charge in [0, 0.05) is 0 Å². The van der Waals surface area contributed by atoms with Crippen LogP contribution in [-0.4, -0.2) is 0 Å². The molecule has 6 aromatic rings. The van der Waals surface area contributed by atoms with Gasteiger partial charge in [0.25, 0.3) is 0 Å². The molecule has 1 aliphatic carbocycles. The molecule has 0 atom stereocenters. The molecule has 0 N–H and O–H groups in total. The summed E-state index contributed by atoms with van der Waals surface area (Å²) in [7, 11) is 0. The van der Waals surface area contributed by atoms with E-state index in [0.717, 1.165) is 0 Å². The minimum atomic E-state index is 0. The maximum absolute atomic E-state index is 2.43. The molecule has 6 aromatic carbocycles. The molecule has 0 spiro atoms. The molecule has 3 heteroatoms. The van der Waals surface area contributed by atoms with Crippen molar-refractivity contribution in [1.82, 2.24) is 0 Å². The van der Waals surface area contributed by atoms with Crippen LogP contribution in [0.15, 0.2) is 97.1 Å². The zero-order valence-electron chi connectivity index (χ0n) is 28.6. The van der Waals surface area contributed by atoms with Crippen LogP contribution < -0.4 is 24.8 Å². The first-order valence-electron chi connectivity index (χ1n) is 16.0. The first-order valence-corrected chi connectivity index (χ1v) is 16.0. The van der Waals surface area contributed by atoms with Crippen LogP contribution in [0.1, 0.15) is 81.3 Å². The summed E-state index contributed by atoms with van der Waals surface area (Å²) in [6.07, 6.45) is 3.77. The summed E-state index contributed by atoms with van der Waals surface area (Å²) in [5.74, 6) is 0. The van der Waals surface area contributed by atoms with Crippen molar-refractivity contribution < 1.29 is 51.0 Å². The van der Waals surface area contributed by atoms with Crippen molar-refractivity contribution in [2.24, 2.45) is 0 Å². The first-order chi connectivity index (χ1) is 20.4. The normalized spacial score (nSPS) is 12.4. The number of hydrogen-bond donors (Lipinski definition) is 0. The van der Waals surface area contributed by atoms with Gasteiger partial charge in [0.15, 0.2) is 0 Å². The molecular formula is C43H46Cl2Zr. The molecular weight excluding hydrogens is 679 g/mol. The third-order valence-electron chi connectivity index (χ3n) is 9.22. The van der Waals surface area contributed by atoms with E-state index >= 15 is 0 Å². The van der Waals surface area contributed by atoms with E-state index in [-0.39, 0.29) is 61.8 Å².